The molecule has 1 fully saturated rings. The molecule has 0 saturated carbocycles. The fourth-order valence-electron chi connectivity index (χ4n) is 4.75. The van der Waals surface area contributed by atoms with Crippen molar-refractivity contribution < 1.29 is 17.5 Å². The van der Waals surface area contributed by atoms with Crippen molar-refractivity contribution in [1.82, 2.24) is 24.9 Å². The highest BCUT2D eigenvalue weighted by atomic mass is 35.5. The fourth-order valence-corrected chi connectivity index (χ4v) is 6.03. The van der Waals surface area contributed by atoms with Crippen molar-refractivity contribution in [2.24, 2.45) is 5.41 Å². The number of anilines is 1. The van der Waals surface area contributed by atoms with E-state index in [0.29, 0.717) is 68.8 Å². The van der Waals surface area contributed by atoms with E-state index in [2.05, 4.69) is 31.0 Å². The summed E-state index contributed by atoms with van der Waals surface area (Å²) in [4.78, 5) is 10.4. The van der Waals surface area contributed by atoms with Gasteiger partial charge in [0.2, 0.25) is 10.0 Å². The van der Waals surface area contributed by atoms with Crippen molar-refractivity contribution in [1.29, 1.82) is 5.26 Å². The Morgan fingerprint density at radius 3 is 2.60 bits per heavy atom. The van der Waals surface area contributed by atoms with Crippen molar-refractivity contribution >= 4 is 49.9 Å². The Bertz CT molecular complexity index is 1750. The lowest BCUT2D eigenvalue weighted by Crippen LogP contribution is -2.59. The van der Waals surface area contributed by atoms with Crippen LogP contribution in [-0.2, 0) is 10.0 Å². The molecule has 1 saturated heterocycles. The molecule has 14 heteroatoms. The van der Waals surface area contributed by atoms with Crippen LogP contribution < -0.4 is 14.4 Å². The topological polar surface area (TPSA) is 137 Å². The molecule has 5 rings (SSSR count). The van der Waals surface area contributed by atoms with Crippen LogP contribution in [0.15, 0.2) is 36.8 Å². The number of hydrogen-bond acceptors (Lipinski definition) is 8. The van der Waals surface area contributed by atoms with Crippen LogP contribution in [0, 0.1) is 22.6 Å². The number of fused-ring (bicyclic) bond motifs is 1. The van der Waals surface area contributed by atoms with Gasteiger partial charge in [0, 0.05) is 66.2 Å². The number of nitriles is 1. The van der Waals surface area contributed by atoms with Crippen molar-refractivity contribution in [2.75, 3.05) is 30.8 Å². The minimum Gasteiger partial charge on any atom is -0.483 e. The van der Waals surface area contributed by atoms with Crippen LogP contribution >= 0.6 is 23.2 Å². The first-order chi connectivity index (χ1) is 18.9. The number of aromatic nitrogens is 4. The first-order valence-corrected chi connectivity index (χ1v) is 14.8. The monoisotopic (exact) mass is 603 g/mol. The Hall–Kier alpha value is -3.50. The van der Waals surface area contributed by atoms with Crippen molar-refractivity contribution in [3.63, 3.8) is 0 Å². The summed E-state index contributed by atoms with van der Waals surface area (Å²) < 4.78 is 46.3. The van der Waals surface area contributed by atoms with Gasteiger partial charge in [0.05, 0.1) is 27.4 Å². The molecule has 0 aliphatic carbocycles. The third kappa shape index (κ3) is 5.55. The Kier molecular flexibility index (Phi) is 7.35. The number of halogens is 3. The number of rotatable bonds is 8. The standard InChI is InChI=1S/C26H24Cl2FN7O3S/c1-14(23-18(27)9-31-10-19(23)28)39-22-5-17-21(6-20(22)29)34-35-24(17)16-4-15(7-30)25(32-8-16)36-12-26(2,13-36)11-33-40(3,37)38/h4-6,8-10,14,33H,11-13H2,1-3H3,(H,34,35)/t14-/m1/s1. The Balaban J connectivity index is 1.41. The number of hydrogen-bond donors (Lipinski definition) is 2. The summed E-state index contributed by atoms with van der Waals surface area (Å²) in [6.07, 6.45) is 4.92. The predicted molar refractivity (Wildman–Crippen MR) is 150 cm³/mol. The lowest BCUT2D eigenvalue weighted by Gasteiger charge is -2.49. The molecule has 1 aliphatic heterocycles. The highest BCUT2D eigenvalue weighted by molar-refractivity contribution is 7.88. The lowest BCUT2D eigenvalue weighted by molar-refractivity contribution is 0.217. The molecular weight excluding hydrogens is 580 g/mol. The van der Waals surface area contributed by atoms with Gasteiger partial charge in [-0.15, -0.1) is 0 Å². The van der Waals surface area contributed by atoms with Gasteiger partial charge >= 0.3 is 0 Å². The maximum absolute atomic E-state index is 14.9. The maximum atomic E-state index is 14.9. The van der Waals surface area contributed by atoms with E-state index < -0.39 is 21.9 Å². The van der Waals surface area contributed by atoms with E-state index in [-0.39, 0.29) is 11.2 Å². The van der Waals surface area contributed by atoms with Gasteiger partial charge in [0.1, 0.15) is 23.7 Å². The summed E-state index contributed by atoms with van der Waals surface area (Å²) in [6.45, 7) is 5.03. The second-order valence-corrected chi connectivity index (χ2v) is 12.8. The third-order valence-electron chi connectivity index (χ3n) is 6.68. The number of aromatic amines is 1. The Labute approximate surface area is 240 Å². The summed E-state index contributed by atoms with van der Waals surface area (Å²) in [5, 5.41) is 18.2. The van der Waals surface area contributed by atoms with Crippen LogP contribution in [0.1, 0.15) is 31.1 Å². The van der Waals surface area contributed by atoms with Crippen LogP contribution in [0.3, 0.4) is 0 Å². The summed E-state index contributed by atoms with van der Waals surface area (Å²) in [7, 11) is -3.30. The Morgan fingerprint density at radius 2 is 1.95 bits per heavy atom. The van der Waals surface area contributed by atoms with Gasteiger partial charge in [-0.05, 0) is 19.1 Å². The zero-order valence-corrected chi connectivity index (χ0v) is 24.0. The predicted octanol–water partition coefficient (Wildman–Crippen LogP) is 4.85. The zero-order valence-electron chi connectivity index (χ0n) is 21.7. The molecule has 0 unspecified atom stereocenters. The molecule has 0 bridgehead atoms. The number of H-pyrrole nitrogens is 1. The summed E-state index contributed by atoms with van der Waals surface area (Å²) >= 11 is 12.5. The summed E-state index contributed by atoms with van der Waals surface area (Å²) in [5.74, 6) is -0.134. The quantitative estimate of drug-likeness (QED) is 0.291. The molecule has 1 aromatic carbocycles. The van der Waals surface area contributed by atoms with Crippen molar-refractivity contribution in [3.05, 3.63) is 63.8 Å². The van der Waals surface area contributed by atoms with E-state index in [0.717, 1.165) is 6.26 Å². The SMILES string of the molecule is C[C@@H](Oc1cc2c(-c3cnc(N4CC(C)(CNS(C)(=O)=O)C4)c(C#N)c3)n[nH]c2cc1F)c1c(Cl)cncc1Cl. The highest BCUT2D eigenvalue weighted by Gasteiger charge is 2.40. The number of sulfonamides is 1. The molecule has 10 nitrogen and oxygen atoms in total. The van der Waals surface area contributed by atoms with Crippen LogP contribution in [0.5, 0.6) is 5.75 Å². The van der Waals surface area contributed by atoms with Gasteiger partial charge in [-0.2, -0.15) is 10.4 Å². The van der Waals surface area contributed by atoms with Gasteiger partial charge in [0.25, 0.3) is 0 Å². The molecule has 2 N–H and O–H groups in total. The molecular formula is C26H24Cl2FN7O3S. The van der Waals surface area contributed by atoms with Gasteiger partial charge < -0.3 is 9.64 Å². The smallest absolute Gasteiger partial charge is 0.208 e. The second kappa shape index (κ2) is 10.5. The van der Waals surface area contributed by atoms with Crippen LogP contribution in [0.2, 0.25) is 10.0 Å². The number of benzene rings is 1. The lowest BCUT2D eigenvalue weighted by atomic mass is 9.82. The molecule has 1 aliphatic rings. The summed E-state index contributed by atoms with van der Waals surface area (Å²) in [6, 6.07) is 6.66. The maximum Gasteiger partial charge on any atom is 0.208 e. The van der Waals surface area contributed by atoms with E-state index in [1.54, 1.807) is 19.2 Å². The highest BCUT2D eigenvalue weighted by Crippen LogP contribution is 2.38. The minimum absolute atomic E-state index is 0.0285. The van der Waals surface area contributed by atoms with Gasteiger partial charge in [0.15, 0.2) is 11.6 Å². The van der Waals surface area contributed by atoms with E-state index in [4.69, 9.17) is 27.9 Å². The first kappa shape index (κ1) is 28.0. The normalized spacial score (nSPS) is 15.5. The van der Waals surface area contributed by atoms with Crippen LogP contribution in [0.25, 0.3) is 22.2 Å². The van der Waals surface area contributed by atoms with E-state index in [1.165, 1.54) is 24.5 Å². The van der Waals surface area contributed by atoms with E-state index in [1.807, 2.05) is 11.8 Å². The number of nitrogens with one attached hydrogen (secondary N) is 2. The first-order valence-electron chi connectivity index (χ1n) is 12.1. The zero-order chi connectivity index (χ0) is 28.8. The molecule has 4 heterocycles. The van der Waals surface area contributed by atoms with Gasteiger partial charge in [-0.1, -0.05) is 30.1 Å². The number of pyridine rings is 2. The van der Waals surface area contributed by atoms with E-state index >= 15 is 0 Å². The molecule has 0 radical (unpaired) electrons. The molecule has 40 heavy (non-hydrogen) atoms. The molecule has 0 spiro atoms. The van der Waals surface area contributed by atoms with Gasteiger partial charge in [-0.3, -0.25) is 10.1 Å². The molecule has 0 amide bonds. The van der Waals surface area contributed by atoms with E-state index in [9.17, 15) is 18.1 Å². The van der Waals surface area contributed by atoms with Gasteiger partial charge in [-0.25, -0.2) is 22.5 Å². The largest absolute Gasteiger partial charge is 0.483 e. The second-order valence-electron chi connectivity index (χ2n) is 10.1. The molecule has 1 atom stereocenters. The van der Waals surface area contributed by atoms with Crippen LogP contribution in [0.4, 0.5) is 10.2 Å². The molecule has 4 aromatic rings. The van der Waals surface area contributed by atoms with Crippen molar-refractivity contribution in [2.45, 2.75) is 20.0 Å². The molecule has 208 valence electrons. The molecule has 3 aromatic heterocycles. The number of ether oxygens (including phenoxy) is 1. The summed E-state index contributed by atoms with van der Waals surface area (Å²) in [5.41, 5.74) is 2.00. The fraction of sp³-hybridized carbons (Fsp3) is 0.308. The average molecular weight is 604 g/mol. The number of nitrogens with zero attached hydrogens (tertiary/aromatic N) is 5. The average Bonchev–Trinajstić information content (AvgIpc) is 3.27. The third-order valence-corrected chi connectivity index (χ3v) is 7.95. The Morgan fingerprint density at radius 1 is 1.25 bits per heavy atom. The van der Waals surface area contributed by atoms with Crippen molar-refractivity contribution in [3.8, 4) is 23.1 Å². The van der Waals surface area contributed by atoms with Crippen LogP contribution in [-0.4, -0.2) is 54.5 Å². The minimum atomic E-state index is -3.30.